The molecule has 0 atom stereocenters. The van der Waals surface area contributed by atoms with E-state index in [9.17, 15) is 0 Å². The molecule has 0 aromatic carbocycles. The zero-order valence-corrected chi connectivity index (χ0v) is 4.66. The molecule has 0 aliphatic carbocycles. The van der Waals surface area contributed by atoms with Crippen LogP contribution in [0.25, 0.3) is 0 Å². The molecule has 3 nitrogen and oxygen atoms in total. The van der Waals surface area contributed by atoms with Crippen LogP contribution in [0.4, 0.5) is 6.01 Å². The zero-order chi connectivity index (χ0) is 5.82. The van der Waals surface area contributed by atoms with Crippen LogP contribution in [0.1, 0.15) is 6.92 Å². The van der Waals surface area contributed by atoms with Gasteiger partial charge in [0.2, 0.25) is 0 Å². The van der Waals surface area contributed by atoms with Gasteiger partial charge in [-0.25, -0.2) is 10.3 Å². The Labute approximate surface area is 47.7 Å². The highest BCUT2D eigenvalue weighted by Crippen LogP contribution is 1.98. The molecule has 1 heterocycles. The van der Waals surface area contributed by atoms with Gasteiger partial charge >= 0.3 is 6.01 Å². The largest absolute Gasteiger partial charge is 0.431 e. The molecule has 43 valence electrons. The van der Waals surface area contributed by atoms with Gasteiger partial charge in [-0.05, 0) is 6.92 Å². The van der Waals surface area contributed by atoms with Gasteiger partial charge in [-0.2, -0.15) is 0 Å². The third-order valence-electron chi connectivity index (χ3n) is 0.713. The summed E-state index contributed by atoms with van der Waals surface area (Å²) in [6.45, 7) is 2.66. The van der Waals surface area contributed by atoms with Crippen molar-refractivity contribution >= 4 is 6.01 Å². The molecule has 0 unspecified atom stereocenters. The van der Waals surface area contributed by atoms with Crippen LogP contribution in [0.3, 0.4) is 0 Å². The Bertz CT molecular complexity index is 136. The molecule has 0 amide bonds. The summed E-state index contributed by atoms with van der Waals surface area (Å²) in [6, 6.07) is 0.465. The highest BCUT2D eigenvalue weighted by Gasteiger charge is 1.90. The van der Waals surface area contributed by atoms with Crippen molar-refractivity contribution in [2.24, 2.45) is 0 Å². The standard InChI is InChI=1S/C5H7N2O/c1-2-6-5-7-3-4-8-5/h3-4H,2H2,1H3. The minimum Gasteiger partial charge on any atom is -0.431 e. The van der Waals surface area contributed by atoms with Gasteiger partial charge < -0.3 is 4.42 Å². The fourth-order valence-corrected chi connectivity index (χ4v) is 0.429. The molecular weight excluding hydrogens is 104 g/mol. The van der Waals surface area contributed by atoms with Crippen molar-refractivity contribution in [2.45, 2.75) is 6.92 Å². The van der Waals surface area contributed by atoms with Crippen LogP contribution < -0.4 is 5.32 Å². The molecule has 0 fully saturated rings. The molecule has 1 aromatic rings. The fraction of sp³-hybridized carbons (Fsp3) is 0.400. The molecule has 0 spiro atoms. The summed E-state index contributed by atoms with van der Waals surface area (Å²) in [7, 11) is 0. The van der Waals surface area contributed by atoms with E-state index in [0.29, 0.717) is 6.01 Å². The molecule has 0 N–H and O–H groups in total. The first kappa shape index (κ1) is 5.15. The van der Waals surface area contributed by atoms with Gasteiger partial charge in [0.25, 0.3) is 0 Å². The van der Waals surface area contributed by atoms with Gasteiger partial charge in [0.1, 0.15) is 6.26 Å². The lowest BCUT2D eigenvalue weighted by atomic mass is 10.7. The molecule has 0 aliphatic rings. The lowest BCUT2D eigenvalue weighted by molar-refractivity contribution is 0.532. The van der Waals surface area contributed by atoms with E-state index in [2.05, 4.69) is 10.3 Å². The minimum absolute atomic E-state index is 0.465. The normalized spacial score (nSPS) is 9.12. The first-order valence-corrected chi connectivity index (χ1v) is 2.50. The van der Waals surface area contributed by atoms with E-state index in [1.54, 1.807) is 6.20 Å². The second kappa shape index (κ2) is 2.35. The second-order valence-corrected chi connectivity index (χ2v) is 1.29. The van der Waals surface area contributed by atoms with Gasteiger partial charge in [-0.3, -0.25) is 0 Å². The van der Waals surface area contributed by atoms with Gasteiger partial charge in [0, 0.05) is 6.54 Å². The van der Waals surface area contributed by atoms with Crippen LogP contribution in [-0.2, 0) is 0 Å². The average Bonchev–Trinajstić information content (AvgIpc) is 2.19. The van der Waals surface area contributed by atoms with Crippen LogP contribution in [0.2, 0.25) is 0 Å². The van der Waals surface area contributed by atoms with E-state index in [1.807, 2.05) is 6.92 Å². The van der Waals surface area contributed by atoms with Crippen LogP contribution in [0, 0.1) is 0 Å². The first-order chi connectivity index (χ1) is 3.93. The van der Waals surface area contributed by atoms with Crippen molar-refractivity contribution < 1.29 is 4.42 Å². The molecule has 8 heavy (non-hydrogen) atoms. The highest BCUT2D eigenvalue weighted by atomic mass is 16.4. The Hall–Kier alpha value is -0.990. The van der Waals surface area contributed by atoms with E-state index in [4.69, 9.17) is 4.42 Å². The van der Waals surface area contributed by atoms with Crippen molar-refractivity contribution in [3.05, 3.63) is 12.5 Å². The summed E-state index contributed by atoms with van der Waals surface area (Å²) >= 11 is 0. The van der Waals surface area contributed by atoms with Crippen LogP contribution in [-0.4, -0.2) is 11.5 Å². The summed E-state index contributed by atoms with van der Waals surface area (Å²) in [5, 5.41) is 3.89. The first-order valence-electron chi connectivity index (χ1n) is 2.50. The lowest BCUT2D eigenvalue weighted by Crippen LogP contribution is -1.93. The minimum atomic E-state index is 0.465. The maximum absolute atomic E-state index is 4.80. The number of aromatic nitrogens is 1. The number of rotatable bonds is 2. The number of nitrogens with zero attached hydrogens (tertiary/aromatic N) is 2. The Morgan fingerprint density at radius 2 is 2.75 bits per heavy atom. The second-order valence-electron chi connectivity index (χ2n) is 1.29. The van der Waals surface area contributed by atoms with Crippen molar-refractivity contribution in [3.8, 4) is 0 Å². The quantitative estimate of drug-likeness (QED) is 0.569. The number of hydrogen-bond acceptors (Lipinski definition) is 2. The van der Waals surface area contributed by atoms with Crippen molar-refractivity contribution in [1.82, 2.24) is 10.3 Å². The maximum Gasteiger partial charge on any atom is 0.316 e. The Kier molecular flexibility index (Phi) is 1.51. The van der Waals surface area contributed by atoms with Gasteiger partial charge in [0.05, 0.1) is 6.20 Å². The average molecular weight is 111 g/mol. The summed E-state index contributed by atoms with van der Waals surface area (Å²) in [6.07, 6.45) is 3.09. The van der Waals surface area contributed by atoms with Crippen LogP contribution in [0.5, 0.6) is 0 Å². The Balaban J connectivity index is 2.50. The SMILES string of the molecule is CC[N]c1ncco1. The van der Waals surface area contributed by atoms with Gasteiger partial charge in [-0.15, -0.1) is 0 Å². The molecule has 0 bridgehead atoms. The predicted octanol–water partition coefficient (Wildman–Crippen LogP) is 0.930. The molecule has 1 aromatic heterocycles. The van der Waals surface area contributed by atoms with Gasteiger partial charge in [-0.1, -0.05) is 0 Å². The Morgan fingerprint density at radius 1 is 1.88 bits per heavy atom. The molecule has 0 aliphatic heterocycles. The molecule has 3 heteroatoms. The Morgan fingerprint density at radius 3 is 3.25 bits per heavy atom. The monoisotopic (exact) mass is 111 g/mol. The fourth-order valence-electron chi connectivity index (χ4n) is 0.429. The van der Waals surface area contributed by atoms with E-state index < -0.39 is 0 Å². The maximum atomic E-state index is 4.80. The summed E-state index contributed by atoms with van der Waals surface area (Å²) in [4.78, 5) is 3.77. The van der Waals surface area contributed by atoms with E-state index in [-0.39, 0.29) is 0 Å². The molecule has 0 saturated carbocycles. The van der Waals surface area contributed by atoms with E-state index in [1.165, 1.54) is 6.26 Å². The third kappa shape index (κ3) is 0.992. The van der Waals surface area contributed by atoms with Crippen LogP contribution in [0.15, 0.2) is 16.9 Å². The van der Waals surface area contributed by atoms with Crippen molar-refractivity contribution in [1.29, 1.82) is 0 Å². The predicted molar refractivity (Wildman–Crippen MR) is 28.8 cm³/mol. The highest BCUT2D eigenvalue weighted by molar-refractivity contribution is 5.03. The smallest absolute Gasteiger partial charge is 0.316 e. The summed E-state index contributed by atoms with van der Waals surface area (Å²) in [5.74, 6) is 0. The molecule has 1 radical (unpaired) electrons. The molecule has 0 saturated heterocycles. The van der Waals surface area contributed by atoms with Crippen molar-refractivity contribution in [2.75, 3.05) is 6.54 Å². The summed E-state index contributed by atoms with van der Waals surface area (Å²) in [5.41, 5.74) is 0. The number of oxazole rings is 1. The lowest BCUT2D eigenvalue weighted by Gasteiger charge is -1.86. The number of hydrogen-bond donors (Lipinski definition) is 0. The van der Waals surface area contributed by atoms with E-state index >= 15 is 0 Å². The van der Waals surface area contributed by atoms with Crippen LogP contribution >= 0.6 is 0 Å². The zero-order valence-electron chi connectivity index (χ0n) is 4.66. The topological polar surface area (TPSA) is 40.1 Å². The summed E-state index contributed by atoms with van der Waals surface area (Å²) < 4.78 is 4.80. The molecular formula is C5H7N2O. The molecule has 1 rings (SSSR count). The van der Waals surface area contributed by atoms with E-state index in [0.717, 1.165) is 6.54 Å². The third-order valence-corrected chi connectivity index (χ3v) is 0.713. The van der Waals surface area contributed by atoms with Gasteiger partial charge in [0.15, 0.2) is 0 Å². The van der Waals surface area contributed by atoms with Crippen molar-refractivity contribution in [3.63, 3.8) is 0 Å².